The van der Waals surface area contributed by atoms with Gasteiger partial charge in [-0.05, 0) is 73.7 Å². The van der Waals surface area contributed by atoms with Gasteiger partial charge in [0.25, 0.3) is 0 Å². The zero-order chi connectivity index (χ0) is 22.6. The van der Waals surface area contributed by atoms with Crippen molar-refractivity contribution >= 4 is 0 Å². The standard InChI is InChI=1S/C28H29N3O2/c1-20-26(19-31-16-13-23(14-17-31)27(32)25-8-5-15-29-18-25)30-28(33-20)24-11-9-22(10-12-24)21-6-3-2-4-7-21/h2-12,15,18,23,27,32H,13-14,16-17,19H2,1H3/t27-/m0/s1. The molecule has 2 aromatic carbocycles. The van der Waals surface area contributed by atoms with Crippen LogP contribution in [0.2, 0.25) is 0 Å². The van der Waals surface area contributed by atoms with Crippen LogP contribution >= 0.6 is 0 Å². The van der Waals surface area contributed by atoms with Crippen molar-refractivity contribution in [3.63, 3.8) is 0 Å². The zero-order valence-corrected chi connectivity index (χ0v) is 18.9. The molecule has 0 bridgehead atoms. The Balaban J connectivity index is 1.21. The number of oxazole rings is 1. The molecule has 0 unspecified atom stereocenters. The third kappa shape index (κ3) is 4.90. The van der Waals surface area contributed by atoms with E-state index in [0.717, 1.165) is 55.1 Å². The van der Waals surface area contributed by atoms with Gasteiger partial charge in [0.1, 0.15) is 5.76 Å². The molecule has 33 heavy (non-hydrogen) atoms. The highest BCUT2D eigenvalue weighted by molar-refractivity contribution is 5.67. The first-order valence-corrected chi connectivity index (χ1v) is 11.6. The number of hydrogen-bond donors (Lipinski definition) is 1. The predicted molar refractivity (Wildman–Crippen MR) is 129 cm³/mol. The van der Waals surface area contributed by atoms with E-state index in [9.17, 15) is 5.11 Å². The van der Waals surface area contributed by atoms with Crippen LogP contribution in [0.4, 0.5) is 0 Å². The summed E-state index contributed by atoms with van der Waals surface area (Å²) in [7, 11) is 0. The molecule has 5 nitrogen and oxygen atoms in total. The lowest BCUT2D eigenvalue weighted by molar-refractivity contribution is 0.0561. The zero-order valence-electron chi connectivity index (χ0n) is 18.9. The minimum Gasteiger partial charge on any atom is -0.441 e. The number of aromatic nitrogens is 2. The molecule has 5 heteroatoms. The largest absolute Gasteiger partial charge is 0.441 e. The van der Waals surface area contributed by atoms with Crippen LogP contribution in [0.1, 0.15) is 36.0 Å². The minimum atomic E-state index is -0.444. The number of piperidine rings is 1. The van der Waals surface area contributed by atoms with Crippen molar-refractivity contribution in [2.75, 3.05) is 13.1 Å². The molecule has 1 aliphatic rings. The molecule has 0 aliphatic carbocycles. The predicted octanol–water partition coefficient (Wildman–Crippen LogP) is 5.66. The van der Waals surface area contributed by atoms with Gasteiger partial charge in [0.15, 0.2) is 0 Å². The highest BCUT2D eigenvalue weighted by atomic mass is 16.4. The monoisotopic (exact) mass is 439 g/mol. The minimum absolute atomic E-state index is 0.266. The van der Waals surface area contributed by atoms with E-state index in [4.69, 9.17) is 9.40 Å². The average Bonchev–Trinajstić information content (AvgIpc) is 3.25. The molecule has 0 radical (unpaired) electrons. The van der Waals surface area contributed by atoms with Crippen LogP contribution in [0.15, 0.2) is 83.5 Å². The number of aliphatic hydroxyl groups excluding tert-OH is 1. The Morgan fingerprint density at radius 2 is 1.64 bits per heavy atom. The maximum Gasteiger partial charge on any atom is 0.226 e. The molecule has 1 saturated heterocycles. The molecule has 1 aliphatic heterocycles. The lowest BCUT2D eigenvalue weighted by atomic mass is 9.88. The van der Waals surface area contributed by atoms with Gasteiger partial charge in [-0.1, -0.05) is 48.5 Å². The molecule has 0 amide bonds. The number of rotatable bonds is 6. The van der Waals surface area contributed by atoms with E-state index >= 15 is 0 Å². The molecular weight excluding hydrogens is 410 g/mol. The number of aliphatic hydroxyl groups is 1. The van der Waals surface area contributed by atoms with E-state index in [0.29, 0.717) is 5.89 Å². The molecule has 0 spiro atoms. The van der Waals surface area contributed by atoms with Crippen molar-refractivity contribution in [1.29, 1.82) is 0 Å². The molecule has 2 aromatic heterocycles. The van der Waals surface area contributed by atoms with Crippen LogP contribution in [0, 0.1) is 12.8 Å². The molecular formula is C28H29N3O2. The third-order valence-corrected chi connectivity index (χ3v) is 6.61. The maximum absolute atomic E-state index is 10.7. The van der Waals surface area contributed by atoms with Gasteiger partial charge >= 0.3 is 0 Å². The van der Waals surface area contributed by atoms with Crippen LogP contribution in [-0.2, 0) is 6.54 Å². The third-order valence-electron chi connectivity index (χ3n) is 6.61. The van der Waals surface area contributed by atoms with Crippen LogP contribution < -0.4 is 0 Å². The van der Waals surface area contributed by atoms with Crippen molar-refractivity contribution in [3.8, 4) is 22.6 Å². The van der Waals surface area contributed by atoms with Gasteiger partial charge in [0.05, 0.1) is 11.8 Å². The summed E-state index contributed by atoms with van der Waals surface area (Å²) in [5, 5.41) is 10.7. The number of likely N-dealkylation sites (tertiary alicyclic amines) is 1. The molecule has 1 atom stereocenters. The van der Waals surface area contributed by atoms with Gasteiger partial charge in [0, 0.05) is 24.5 Å². The van der Waals surface area contributed by atoms with Crippen LogP contribution in [0.3, 0.4) is 0 Å². The highest BCUT2D eigenvalue weighted by Gasteiger charge is 2.27. The molecule has 1 fully saturated rings. The quantitative estimate of drug-likeness (QED) is 0.420. The molecule has 1 N–H and O–H groups in total. The number of aryl methyl sites for hydroxylation is 1. The Morgan fingerprint density at radius 1 is 0.939 bits per heavy atom. The first kappa shape index (κ1) is 21.6. The summed E-state index contributed by atoms with van der Waals surface area (Å²) < 4.78 is 6.02. The Labute approximate surface area is 194 Å². The fourth-order valence-electron chi connectivity index (χ4n) is 4.60. The molecule has 4 aromatic rings. The molecule has 3 heterocycles. The molecule has 168 valence electrons. The Bertz CT molecular complexity index is 1170. The number of nitrogens with zero attached hydrogens (tertiary/aromatic N) is 3. The summed E-state index contributed by atoms with van der Waals surface area (Å²) in [4.78, 5) is 11.4. The van der Waals surface area contributed by atoms with Gasteiger partial charge in [-0.3, -0.25) is 9.88 Å². The van der Waals surface area contributed by atoms with Crippen molar-refractivity contribution < 1.29 is 9.52 Å². The van der Waals surface area contributed by atoms with E-state index in [1.807, 2.05) is 25.1 Å². The van der Waals surface area contributed by atoms with E-state index < -0.39 is 6.10 Å². The summed E-state index contributed by atoms with van der Waals surface area (Å²) >= 11 is 0. The lowest BCUT2D eigenvalue weighted by Gasteiger charge is -2.33. The van der Waals surface area contributed by atoms with Gasteiger partial charge in [-0.15, -0.1) is 0 Å². The van der Waals surface area contributed by atoms with Gasteiger partial charge in [-0.2, -0.15) is 0 Å². The van der Waals surface area contributed by atoms with Crippen LogP contribution in [0.25, 0.3) is 22.6 Å². The average molecular weight is 440 g/mol. The van der Waals surface area contributed by atoms with Crippen molar-refractivity contribution in [1.82, 2.24) is 14.9 Å². The lowest BCUT2D eigenvalue weighted by Crippen LogP contribution is -2.35. The topological polar surface area (TPSA) is 62.4 Å². The highest BCUT2D eigenvalue weighted by Crippen LogP contribution is 2.31. The number of benzene rings is 2. The summed E-state index contributed by atoms with van der Waals surface area (Å²) in [6.07, 6.45) is 4.98. The van der Waals surface area contributed by atoms with Crippen LogP contribution in [-0.4, -0.2) is 33.1 Å². The van der Waals surface area contributed by atoms with Crippen molar-refractivity contribution in [2.45, 2.75) is 32.4 Å². The second-order valence-corrected chi connectivity index (χ2v) is 8.81. The first-order valence-electron chi connectivity index (χ1n) is 11.6. The molecule has 5 rings (SSSR count). The number of hydrogen-bond acceptors (Lipinski definition) is 5. The van der Waals surface area contributed by atoms with E-state index in [1.165, 1.54) is 11.1 Å². The summed E-state index contributed by atoms with van der Waals surface area (Å²) in [5.41, 5.74) is 5.27. The normalized spacial score (nSPS) is 16.1. The van der Waals surface area contributed by atoms with E-state index in [1.54, 1.807) is 12.4 Å². The Morgan fingerprint density at radius 3 is 2.33 bits per heavy atom. The summed E-state index contributed by atoms with van der Waals surface area (Å²) in [6.45, 7) is 4.64. The second-order valence-electron chi connectivity index (χ2n) is 8.81. The van der Waals surface area contributed by atoms with Gasteiger partial charge in [-0.25, -0.2) is 4.98 Å². The first-order chi connectivity index (χ1) is 16.2. The van der Waals surface area contributed by atoms with E-state index in [-0.39, 0.29) is 5.92 Å². The maximum atomic E-state index is 10.7. The van der Waals surface area contributed by atoms with Crippen molar-refractivity contribution in [2.24, 2.45) is 5.92 Å². The Kier molecular flexibility index (Phi) is 6.33. The second kappa shape index (κ2) is 9.69. The number of pyridine rings is 1. The fourth-order valence-corrected chi connectivity index (χ4v) is 4.60. The van der Waals surface area contributed by atoms with Crippen LogP contribution in [0.5, 0.6) is 0 Å². The fraction of sp³-hybridized carbons (Fsp3) is 0.286. The van der Waals surface area contributed by atoms with Gasteiger partial charge in [0.2, 0.25) is 5.89 Å². The SMILES string of the molecule is Cc1oc(-c2ccc(-c3ccccc3)cc2)nc1CN1CCC([C@H](O)c2cccnc2)CC1. The summed E-state index contributed by atoms with van der Waals surface area (Å²) in [6, 6.07) is 22.6. The van der Waals surface area contributed by atoms with Gasteiger partial charge < -0.3 is 9.52 Å². The van der Waals surface area contributed by atoms with Crippen molar-refractivity contribution in [3.05, 3.63) is 96.1 Å². The summed E-state index contributed by atoms with van der Waals surface area (Å²) in [5.74, 6) is 1.81. The van der Waals surface area contributed by atoms with E-state index in [2.05, 4.69) is 58.4 Å². The smallest absolute Gasteiger partial charge is 0.226 e. The molecule has 0 saturated carbocycles. The Hall–Kier alpha value is -3.28.